The Balaban J connectivity index is 2.22. The fourth-order valence-electron chi connectivity index (χ4n) is 3.72. The smallest absolute Gasteiger partial charge is 0.132 e. The molecule has 0 saturated carbocycles. The molecule has 154 valence electrons. The van der Waals surface area contributed by atoms with Crippen LogP contribution in [0.1, 0.15) is 16.7 Å². The highest BCUT2D eigenvalue weighted by molar-refractivity contribution is 5.62. The van der Waals surface area contributed by atoms with Gasteiger partial charge in [0.15, 0.2) is 0 Å². The van der Waals surface area contributed by atoms with E-state index in [4.69, 9.17) is 0 Å². The number of nitrogens with zero attached hydrogens (tertiary/aromatic N) is 4. The van der Waals surface area contributed by atoms with Crippen LogP contribution in [0.15, 0.2) is 72.8 Å². The zero-order chi connectivity index (χ0) is 21.9. The first-order valence-corrected chi connectivity index (χ1v) is 10.0. The van der Waals surface area contributed by atoms with E-state index in [1.807, 2.05) is 42.3 Å². The highest BCUT2D eigenvalue weighted by Crippen LogP contribution is 2.40. The third kappa shape index (κ3) is 3.84. The maximum Gasteiger partial charge on any atom is 0.132 e. The van der Waals surface area contributed by atoms with Gasteiger partial charge in [-0.15, -0.1) is 0 Å². The molecule has 30 heavy (non-hydrogen) atoms. The van der Waals surface area contributed by atoms with E-state index in [9.17, 15) is 5.26 Å². The molecule has 4 nitrogen and oxygen atoms in total. The SMILES string of the molecule is CN(C)c1ccc(C(C#N)(c2ccc(N(C)C)cc2)c2ccc(N(C)C)cc2)cc1. The van der Waals surface area contributed by atoms with Gasteiger partial charge in [0, 0.05) is 59.3 Å². The average Bonchev–Trinajstić information content (AvgIpc) is 2.75. The summed E-state index contributed by atoms with van der Waals surface area (Å²) in [5.41, 5.74) is 5.33. The molecule has 0 aliphatic heterocycles. The summed E-state index contributed by atoms with van der Waals surface area (Å²) < 4.78 is 0. The first-order chi connectivity index (χ1) is 14.3. The van der Waals surface area contributed by atoms with Crippen LogP contribution in [0.5, 0.6) is 0 Å². The van der Waals surface area contributed by atoms with Gasteiger partial charge in [-0.1, -0.05) is 36.4 Å². The monoisotopic (exact) mass is 398 g/mol. The van der Waals surface area contributed by atoms with E-state index in [1.54, 1.807) is 0 Å². The Bertz CT molecular complexity index is 883. The molecule has 0 bridgehead atoms. The van der Waals surface area contributed by atoms with Gasteiger partial charge >= 0.3 is 0 Å². The van der Waals surface area contributed by atoms with E-state index in [0.717, 1.165) is 33.8 Å². The lowest BCUT2D eigenvalue weighted by Gasteiger charge is -2.30. The summed E-state index contributed by atoms with van der Waals surface area (Å²) in [5, 5.41) is 10.6. The summed E-state index contributed by atoms with van der Waals surface area (Å²) in [4.78, 5) is 6.20. The van der Waals surface area contributed by atoms with Gasteiger partial charge in [-0.25, -0.2) is 0 Å². The fraction of sp³-hybridized carbons (Fsp3) is 0.269. The van der Waals surface area contributed by atoms with Crippen LogP contribution in [0.3, 0.4) is 0 Å². The minimum absolute atomic E-state index is 0.888. The van der Waals surface area contributed by atoms with Crippen molar-refractivity contribution in [3.63, 3.8) is 0 Å². The Morgan fingerprint density at radius 2 is 0.733 bits per heavy atom. The topological polar surface area (TPSA) is 33.5 Å². The second-order valence-corrected chi connectivity index (χ2v) is 8.19. The summed E-state index contributed by atoms with van der Waals surface area (Å²) in [6.45, 7) is 0. The van der Waals surface area contributed by atoms with Crippen LogP contribution in [-0.4, -0.2) is 42.3 Å². The largest absolute Gasteiger partial charge is 0.378 e. The van der Waals surface area contributed by atoms with Gasteiger partial charge in [-0.2, -0.15) is 5.26 Å². The molecule has 0 atom stereocenters. The van der Waals surface area contributed by atoms with E-state index < -0.39 is 5.41 Å². The molecule has 3 aromatic rings. The minimum Gasteiger partial charge on any atom is -0.378 e. The van der Waals surface area contributed by atoms with Crippen molar-refractivity contribution in [3.8, 4) is 6.07 Å². The van der Waals surface area contributed by atoms with Crippen LogP contribution < -0.4 is 14.7 Å². The van der Waals surface area contributed by atoms with Gasteiger partial charge in [0.1, 0.15) is 5.41 Å². The van der Waals surface area contributed by atoms with Crippen LogP contribution in [0.25, 0.3) is 0 Å². The average molecular weight is 399 g/mol. The first-order valence-electron chi connectivity index (χ1n) is 10.0. The molecule has 0 aliphatic carbocycles. The van der Waals surface area contributed by atoms with Crippen molar-refractivity contribution in [2.45, 2.75) is 5.41 Å². The molecule has 0 unspecified atom stereocenters. The summed E-state index contributed by atoms with van der Waals surface area (Å²) in [7, 11) is 12.1. The Labute approximate surface area is 180 Å². The van der Waals surface area contributed by atoms with Gasteiger partial charge in [0.05, 0.1) is 6.07 Å². The maximum absolute atomic E-state index is 10.6. The molecular weight excluding hydrogens is 368 g/mol. The minimum atomic E-state index is -0.888. The number of anilines is 3. The van der Waals surface area contributed by atoms with Crippen LogP contribution >= 0.6 is 0 Å². The molecule has 0 fully saturated rings. The molecule has 3 aromatic carbocycles. The molecule has 0 amide bonds. The van der Waals surface area contributed by atoms with Crippen LogP contribution in [-0.2, 0) is 5.41 Å². The maximum atomic E-state index is 10.6. The molecule has 4 heteroatoms. The number of rotatable bonds is 6. The number of hydrogen-bond donors (Lipinski definition) is 0. The lowest BCUT2D eigenvalue weighted by atomic mass is 9.70. The number of benzene rings is 3. The molecule has 0 heterocycles. The number of nitriles is 1. The molecule has 0 N–H and O–H groups in total. The highest BCUT2D eigenvalue weighted by Gasteiger charge is 2.37. The quantitative estimate of drug-likeness (QED) is 0.562. The van der Waals surface area contributed by atoms with E-state index in [0.29, 0.717) is 0 Å². The molecule has 0 saturated heterocycles. The predicted octanol–water partition coefficient (Wildman–Crippen LogP) is 4.74. The number of hydrogen-bond acceptors (Lipinski definition) is 4. The van der Waals surface area contributed by atoms with Crippen LogP contribution in [0.2, 0.25) is 0 Å². The molecule has 0 radical (unpaired) electrons. The second-order valence-electron chi connectivity index (χ2n) is 8.19. The molecule has 0 aromatic heterocycles. The fourth-order valence-corrected chi connectivity index (χ4v) is 3.72. The van der Waals surface area contributed by atoms with E-state index in [-0.39, 0.29) is 0 Å². The third-order valence-corrected chi connectivity index (χ3v) is 5.62. The summed E-state index contributed by atoms with van der Waals surface area (Å²) in [6, 6.07) is 27.5. The van der Waals surface area contributed by atoms with Gasteiger partial charge < -0.3 is 14.7 Å². The van der Waals surface area contributed by atoms with Crippen molar-refractivity contribution in [2.24, 2.45) is 0 Å². The zero-order valence-corrected chi connectivity index (χ0v) is 18.7. The van der Waals surface area contributed by atoms with Gasteiger partial charge in [0.2, 0.25) is 0 Å². The van der Waals surface area contributed by atoms with E-state index in [2.05, 4.69) is 93.6 Å². The van der Waals surface area contributed by atoms with Crippen molar-refractivity contribution in [1.29, 1.82) is 5.26 Å². The van der Waals surface area contributed by atoms with Crippen molar-refractivity contribution in [2.75, 3.05) is 57.0 Å². The molecular formula is C26H30N4. The second kappa shape index (κ2) is 8.51. The first kappa shape index (κ1) is 21.3. The molecule has 0 aliphatic rings. The lowest BCUT2D eigenvalue weighted by Crippen LogP contribution is -2.28. The summed E-state index contributed by atoms with van der Waals surface area (Å²) in [6.07, 6.45) is 0. The van der Waals surface area contributed by atoms with Crippen molar-refractivity contribution >= 4 is 17.1 Å². The van der Waals surface area contributed by atoms with Gasteiger partial charge in [-0.05, 0) is 53.1 Å². The van der Waals surface area contributed by atoms with Crippen molar-refractivity contribution in [1.82, 2.24) is 0 Å². The normalized spacial score (nSPS) is 11.0. The Kier molecular flexibility index (Phi) is 6.03. The standard InChI is InChI=1S/C26H30N4/c1-28(2)23-13-7-20(8-14-23)26(19-27,21-9-15-24(16-10-21)29(3)4)22-11-17-25(18-12-22)30(5)6/h7-18H,1-6H3. The summed E-state index contributed by atoms with van der Waals surface area (Å²) >= 11 is 0. The lowest BCUT2D eigenvalue weighted by molar-refractivity contribution is 0.794. The predicted molar refractivity (Wildman–Crippen MR) is 128 cm³/mol. The van der Waals surface area contributed by atoms with Gasteiger partial charge in [0.25, 0.3) is 0 Å². The third-order valence-electron chi connectivity index (χ3n) is 5.62. The van der Waals surface area contributed by atoms with Crippen LogP contribution in [0, 0.1) is 11.3 Å². The zero-order valence-electron chi connectivity index (χ0n) is 18.7. The Morgan fingerprint density at radius 1 is 0.500 bits per heavy atom. The molecule has 0 spiro atoms. The van der Waals surface area contributed by atoms with E-state index in [1.165, 1.54) is 0 Å². The van der Waals surface area contributed by atoms with Crippen molar-refractivity contribution < 1.29 is 0 Å². The highest BCUT2D eigenvalue weighted by atomic mass is 15.1. The molecule has 3 rings (SSSR count). The summed E-state index contributed by atoms with van der Waals surface area (Å²) in [5.74, 6) is 0. The van der Waals surface area contributed by atoms with E-state index >= 15 is 0 Å². The van der Waals surface area contributed by atoms with Crippen molar-refractivity contribution in [3.05, 3.63) is 89.5 Å². The Morgan fingerprint density at radius 3 is 0.900 bits per heavy atom. The van der Waals surface area contributed by atoms with Gasteiger partial charge in [-0.3, -0.25) is 0 Å². The Hall–Kier alpha value is -3.45. The van der Waals surface area contributed by atoms with Crippen LogP contribution in [0.4, 0.5) is 17.1 Å².